The molecule has 1 unspecified atom stereocenters. The number of aliphatic carboxylic acids is 1. The molecular weight excluding hydrogens is 196 g/mol. The molecule has 15 heavy (non-hydrogen) atoms. The van der Waals surface area contributed by atoms with Gasteiger partial charge in [0.15, 0.2) is 5.76 Å². The smallest absolute Gasteiger partial charge is 0.320 e. The summed E-state index contributed by atoms with van der Waals surface area (Å²) in [5, 5.41) is 15.7. The van der Waals surface area contributed by atoms with Crippen LogP contribution < -0.4 is 5.32 Å². The fraction of sp³-hybridized carbons (Fsp3) is 0.600. The van der Waals surface area contributed by atoms with E-state index in [2.05, 4.69) is 10.5 Å². The highest BCUT2D eigenvalue weighted by molar-refractivity contribution is 5.74. The van der Waals surface area contributed by atoms with E-state index in [1.165, 1.54) is 0 Å². The van der Waals surface area contributed by atoms with Crippen molar-refractivity contribution < 1.29 is 14.4 Å². The number of hydrogen-bond donors (Lipinski definition) is 2. The zero-order valence-electron chi connectivity index (χ0n) is 8.56. The molecule has 0 saturated heterocycles. The molecule has 1 aromatic heterocycles. The average Bonchev–Trinajstić information content (AvgIpc) is 2.90. The largest absolute Gasteiger partial charge is 0.480 e. The van der Waals surface area contributed by atoms with Gasteiger partial charge in [0, 0.05) is 6.07 Å². The minimum absolute atomic E-state index is 0.284. The Kier molecular flexibility index (Phi) is 2.73. The number of carboxylic acid groups (broad SMARTS) is 1. The lowest BCUT2D eigenvalue weighted by Crippen LogP contribution is -2.37. The second-order valence-electron chi connectivity index (χ2n) is 3.97. The second kappa shape index (κ2) is 4.02. The van der Waals surface area contributed by atoms with Crippen molar-refractivity contribution in [3.63, 3.8) is 0 Å². The van der Waals surface area contributed by atoms with Gasteiger partial charge in [0.05, 0.1) is 12.2 Å². The molecule has 1 aromatic rings. The Balaban J connectivity index is 1.87. The first-order chi connectivity index (χ1) is 7.16. The maximum Gasteiger partial charge on any atom is 0.320 e. The van der Waals surface area contributed by atoms with E-state index in [1.54, 1.807) is 6.07 Å². The number of carboxylic acids is 1. The van der Waals surface area contributed by atoms with Crippen LogP contribution in [0.1, 0.15) is 24.3 Å². The Labute approximate surface area is 87.5 Å². The van der Waals surface area contributed by atoms with E-state index >= 15 is 0 Å². The van der Waals surface area contributed by atoms with E-state index < -0.39 is 12.0 Å². The molecule has 1 aliphatic carbocycles. The molecule has 1 fully saturated rings. The molecule has 2 rings (SSSR count). The van der Waals surface area contributed by atoms with Crippen LogP contribution in [0.4, 0.5) is 0 Å². The normalized spacial score (nSPS) is 17.7. The van der Waals surface area contributed by atoms with Crippen molar-refractivity contribution in [3.05, 3.63) is 17.5 Å². The van der Waals surface area contributed by atoms with E-state index in [1.807, 2.05) is 6.92 Å². The van der Waals surface area contributed by atoms with Gasteiger partial charge in [-0.25, -0.2) is 0 Å². The maximum absolute atomic E-state index is 10.9. The number of nitrogens with one attached hydrogen (secondary N) is 1. The highest BCUT2D eigenvalue weighted by Gasteiger charge is 2.35. The Bertz CT molecular complexity index is 357. The van der Waals surface area contributed by atoms with Gasteiger partial charge in [0.2, 0.25) is 0 Å². The highest BCUT2D eigenvalue weighted by atomic mass is 16.5. The molecule has 0 bridgehead atoms. The summed E-state index contributed by atoms with van der Waals surface area (Å²) >= 11 is 0. The molecule has 1 atom stereocenters. The van der Waals surface area contributed by atoms with Crippen LogP contribution in [0.5, 0.6) is 0 Å². The Morgan fingerprint density at radius 1 is 1.80 bits per heavy atom. The number of aromatic nitrogens is 1. The maximum atomic E-state index is 10.9. The molecule has 0 amide bonds. The number of hydrogen-bond acceptors (Lipinski definition) is 4. The van der Waals surface area contributed by atoms with E-state index in [0.717, 1.165) is 18.5 Å². The molecule has 1 aliphatic rings. The molecule has 0 aromatic carbocycles. The van der Waals surface area contributed by atoms with Crippen molar-refractivity contribution in [2.75, 3.05) is 0 Å². The summed E-state index contributed by atoms with van der Waals surface area (Å²) in [6.07, 6.45) is 2.00. The van der Waals surface area contributed by atoms with Crippen LogP contribution in [0.25, 0.3) is 0 Å². The second-order valence-corrected chi connectivity index (χ2v) is 3.97. The summed E-state index contributed by atoms with van der Waals surface area (Å²) in [5.41, 5.74) is 0.810. The standard InChI is InChI=1S/C10H14N2O3/c1-6-4-8(15-12-6)5-11-9(10(13)14)7-2-3-7/h4,7,9,11H,2-3,5H2,1H3,(H,13,14). The van der Waals surface area contributed by atoms with Gasteiger partial charge in [0.25, 0.3) is 0 Å². The van der Waals surface area contributed by atoms with Gasteiger partial charge in [0.1, 0.15) is 6.04 Å². The molecule has 1 saturated carbocycles. The van der Waals surface area contributed by atoms with E-state index in [-0.39, 0.29) is 5.92 Å². The first-order valence-electron chi connectivity index (χ1n) is 5.05. The summed E-state index contributed by atoms with van der Waals surface area (Å²) in [6.45, 7) is 2.26. The summed E-state index contributed by atoms with van der Waals surface area (Å²) < 4.78 is 4.99. The van der Waals surface area contributed by atoms with Crippen LogP contribution in [0, 0.1) is 12.8 Å². The summed E-state index contributed by atoms with van der Waals surface area (Å²) in [6, 6.07) is 1.36. The zero-order chi connectivity index (χ0) is 10.8. The molecule has 2 N–H and O–H groups in total. The molecule has 0 radical (unpaired) electrons. The van der Waals surface area contributed by atoms with Crippen LogP contribution in [0.2, 0.25) is 0 Å². The molecule has 1 heterocycles. The lowest BCUT2D eigenvalue weighted by atomic mass is 10.2. The van der Waals surface area contributed by atoms with Crippen molar-refractivity contribution in [1.82, 2.24) is 10.5 Å². The van der Waals surface area contributed by atoms with Crippen LogP contribution >= 0.6 is 0 Å². The summed E-state index contributed by atoms with van der Waals surface area (Å²) in [5.74, 6) is 0.180. The number of nitrogens with zero attached hydrogens (tertiary/aromatic N) is 1. The Morgan fingerprint density at radius 3 is 3.00 bits per heavy atom. The monoisotopic (exact) mass is 210 g/mol. The van der Waals surface area contributed by atoms with Gasteiger partial charge in [-0.05, 0) is 25.7 Å². The van der Waals surface area contributed by atoms with Crippen LogP contribution in [0.3, 0.4) is 0 Å². The SMILES string of the molecule is Cc1cc(CNC(C(=O)O)C2CC2)on1. The molecular formula is C10H14N2O3. The third kappa shape index (κ3) is 2.56. The number of carbonyl (C=O) groups is 1. The third-order valence-electron chi connectivity index (χ3n) is 2.53. The predicted molar refractivity (Wildman–Crippen MR) is 52.2 cm³/mol. The summed E-state index contributed by atoms with van der Waals surface area (Å²) in [7, 11) is 0. The lowest BCUT2D eigenvalue weighted by molar-refractivity contribution is -0.140. The van der Waals surface area contributed by atoms with E-state index in [9.17, 15) is 4.79 Å². The van der Waals surface area contributed by atoms with Crippen LogP contribution in [-0.2, 0) is 11.3 Å². The minimum Gasteiger partial charge on any atom is -0.480 e. The van der Waals surface area contributed by atoms with Gasteiger partial charge < -0.3 is 9.63 Å². The molecule has 0 spiro atoms. The third-order valence-corrected chi connectivity index (χ3v) is 2.53. The fourth-order valence-corrected chi connectivity index (χ4v) is 1.60. The predicted octanol–water partition coefficient (Wildman–Crippen LogP) is 0.936. The van der Waals surface area contributed by atoms with Crippen molar-refractivity contribution in [2.24, 2.45) is 5.92 Å². The molecule has 5 heteroatoms. The van der Waals surface area contributed by atoms with Gasteiger partial charge in [-0.3, -0.25) is 10.1 Å². The molecule has 82 valence electrons. The van der Waals surface area contributed by atoms with Gasteiger partial charge in [-0.1, -0.05) is 5.16 Å². The first kappa shape index (κ1) is 10.2. The quantitative estimate of drug-likeness (QED) is 0.756. The topological polar surface area (TPSA) is 75.4 Å². The van der Waals surface area contributed by atoms with Crippen molar-refractivity contribution >= 4 is 5.97 Å². The first-order valence-corrected chi connectivity index (χ1v) is 5.05. The minimum atomic E-state index is -0.784. The Hall–Kier alpha value is -1.36. The van der Waals surface area contributed by atoms with Gasteiger partial charge >= 0.3 is 5.97 Å². The van der Waals surface area contributed by atoms with Crippen molar-refractivity contribution in [3.8, 4) is 0 Å². The van der Waals surface area contributed by atoms with Gasteiger partial charge in [-0.2, -0.15) is 0 Å². The molecule has 5 nitrogen and oxygen atoms in total. The van der Waals surface area contributed by atoms with Gasteiger partial charge in [-0.15, -0.1) is 0 Å². The van der Waals surface area contributed by atoms with Crippen molar-refractivity contribution in [2.45, 2.75) is 32.4 Å². The average molecular weight is 210 g/mol. The number of aryl methyl sites for hydroxylation is 1. The van der Waals surface area contributed by atoms with Crippen LogP contribution in [-0.4, -0.2) is 22.3 Å². The fourth-order valence-electron chi connectivity index (χ4n) is 1.60. The number of rotatable bonds is 5. The lowest BCUT2D eigenvalue weighted by Gasteiger charge is -2.11. The van der Waals surface area contributed by atoms with E-state index in [4.69, 9.17) is 9.63 Å². The van der Waals surface area contributed by atoms with E-state index in [0.29, 0.717) is 12.3 Å². The molecule has 0 aliphatic heterocycles. The highest BCUT2D eigenvalue weighted by Crippen LogP contribution is 2.32. The zero-order valence-corrected chi connectivity index (χ0v) is 8.56. The summed E-state index contributed by atoms with van der Waals surface area (Å²) in [4.78, 5) is 10.9. The van der Waals surface area contributed by atoms with Crippen LogP contribution in [0.15, 0.2) is 10.6 Å². The van der Waals surface area contributed by atoms with Crippen molar-refractivity contribution in [1.29, 1.82) is 0 Å². The Morgan fingerprint density at radius 2 is 2.53 bits per heavy atom.